The van der Waals surface area contributed by atoms with Crippen LogP contribution in [0.1, 0.15) is 16.7 Å². The molecule has 0 atom stereocenters. The molecule has 0 radical (unpaired) electrons. The second-order valence-electron chi connectivity index (χ2n) is 7.08. The standard InChI is InChI=1S/C26H20O4/c1-17-8-10-19(11-9-17)12-15-24(27)29-23-14-13-21-22(20-6-4-3-5-7-20)16-25(28)30-26(21)18(23)2/h3-16H,1-2H3/b15-12+. The summed E-state index contributed by atoms with van der Waals surface area (Å²) in [4.78, 5) is 24.5. The van der Waals surface area contributed by atoms with E-state index >= 15 is 0 Å². The minimum atomic E-state index is -0.500. The van der Waals surface area contributed by atoms with Gasteiger partial charge < -0.3 is 9.15 Å². The highest BCUT2D eigenvalue weighted by molar-refractivity contribution is 5.96. The van der Waals surface area contributed by atoms with Crippen molar-refractivity contribution in [3.05, 3.63) is 106 Å². The molecule has 0 saturated heterocycles. The summed E-state index contributed by atoms with van der Waals surface area (Å²) in [5.41, 5.74) is 4.31. The Bertz CT molecular complexity index is 1300. The highest BCUT2D eigenvalue weighted by atomic mass is 16.5. The predicted molar refractivity (Wildman–Crippen MR) is 119 cm³/mol. The van der Waals surface area contributed by atoms with Gasteiger partial charge in [-0.25, -0.2) is 9.59 Å². The molecule has 30 heavy (non-hydrogen) atoms. The normalized spacial score (nSPS) is 11.1. The van der Waals surface area contributed by atoms with Crippen molar-refractivity contribution >= 4 is 23.0 Å². The number of esters is 1. The van der Waals surface area contributed by atoms with E-state index in [1.807, 2.05) is 61.5 Å². The SMILES string of the molecule is Cc1ccc(/C=C/C(=O)Oc2ccc3c(-c4ccccc4)cc(=O)oc3c2C)cc1. The zero-order valence-corrected chi connectivity index (χ0v) is 16.7. The fraction of sp³-hybridized carbons (Fsp3) is 0.0769. The molecule has 0 saturated carbocycles. The summed E-state index contributed by atoms with van der Waals surface area (Å²) in [6.45, 7) is 3.78. The van der Waals surface area contributed by atoms with Crippen LogP contribution in [0.25, 0.3) is 28.2 Å². The number of aryl methyl sites for hydroxylation is 2. The molecule has 0 aliphatic rings. The quantitative estimate of drug-likeness (QED) is 0.192. The van der Waals surface area contributed by atoms with Gasteiger partial charge >= 0.3 is 11.6 Å². The second-order valence-corrected chi connectivity index (χ2v) is 7.08. The number of hydrogen-bond donors (Lipinski definition) is 0. The van der Waals surface area contributed by atoms with Crippen LogP contribution in [0.4, 0.5) is 0 Å². The molecular formula is C26H20O4. The number of carbonyl (C=O) groups is 1. The molecule has 0 fully saturated rings. The Morgan fingerprint density at radius 3 is 2.40 bits per heavy atom. The van der Waals surface area contributed by atoms with Gasteiger partial charge in [0, 0.05) is 23.1 Å². The lowest BCUT2D eigenvalue weighted by Crippen LogP contribution is -2.06. The largest absolute Gasteiger partial charge is 0.423 e. The molecule has 4 aromatic rings. The molecule has 1 aromatic heterocycles. The number of rotatable bonds is 4. The average molecular weight is 396 g/mol. The van der Waals surface area contributed by atoms with E-state index in [4.69, 9.17) is 9.15 Å². The van der Waals surface area contributed by atoms with Gasteiger partial charge in [0.15, 0.2) is 0 Å². The van der Waals surface area contributed by atoms with Gasteiger partial charge in [-0.3, -0.25) is 0 Å². The van der Waals surface area contributed by atoms with E-state index in [1.165, 1.54) is 12.1 Å². The summed E-state index contributed by atoms with van der Waals surface area (Å²) in [5, 5.41) is 0.785. The van der Waals surface area contributed by atoms with Crippen molar-refractivity contribution in [2.45, 2.75) is 13.8 Å². The van der Waals surface area contributed by atoms with Crippen molar-refractivity contribution in [3.63, 3.8) is 0 Å². The summed E-state index contributed by atoms with van der Waals surface area (Å²) in [6, 6.07) is 22.5. The molecule has 0 N–H and O–H groups in total. The van der Waals surface area contributed by atoms with E-state index in [0.717, 1.165) is 27.6 Å². The number of carbonyl (C=O) groups excluding carboxylic acids is 1. The summed E-state index contributed by atoms with van der Waals surface area (Å²) in [6.07, 6.45) is 3.08. The summed E-state index contributed by atoms with van der Waals surface area (Å²) >= 11 is 0. The van der Waals surface area contributed by atoms with Crippen molar-refractivity contribution in [2.24, 2.45) is 0 Å². The zero-order chi connectivity index (χ0) is 21.1. The first kappa shape index (κ1) is 19.4. The van der Waals surface area contributed by atoms with E-state index in [1.54, 1.807) is 25.1 Å². The maximum Gasteiger partial charge on any atom is 0.336 e. The molecule has 4 heteroatoms. The van der Waals surface area contributed by atoms with Crippen molar-refractivity contribution in [3.8, 4) is 16.9 Å². The Balaban J connectivity index is 1.66. The smallest absolute Gasteiger partial charge is 0.336 e. The van der Waals surface area contributed by atoms with Gasteiger partial charge in [0.1, 0.15) is 11.3 Å². The van der Waals surface area contributed by atoms with Gasteiger partial charge in [-0.1, -0.05) is 60.2 Å². The average Bonchev–Trinajstić information content (AvgIpc) is 2.76. The lowest BCUT2D eigenvalue weighted by Gasteiger charge is -2.11. The van der Waals surface area contributed by atoms with E-state index in [-0.39, 0.29) is 0 Å². The number of fused-ring (bicyclic) bond motifs is 1. The summed E-state index contributed by atoms with van der Waals surface area (Å²) < 4.78 is 10.9. The van der Waals surface area contributed by atoms with Crippen LogP contribution in [0.2, 0.25) is 0 Å². The van der Waals surface area contributed by atoms with E-state index in [2.05, 4.69) is 0 Å². The monoisotopic (exact) mass is 396 g/mol. The van der Waals surface area contributed by atoms with Gasteiger partial charge in [0.05, 0.1) is 0 Å². The van der Waals surface area contributed by atoms with Crippen molar-refractivity contribution in [2.75, 3.05) is 0 Å². The molecule has 4 nitrogen and oxygen atoms in total. The third-order valence-electron chi connectivity index (χ3n) is 4.90. The second kappa shape index (κ2) is 8.21. The van der Waals surface area contributed by atoms with Crippen LogP contribution in [0.3, 0.4) is 0 Å². The van der Waals surface area contributed by atoms with E-state index in [0.29, 0.717) is 16.9 Å². The molecule has 0 aliphatic carbocycles. The molecule has 0 unspecified atom stereocenters. The van der Waals surface area contributed by atoms with Crippen LogP contribution in [-0.2, 0) is 4.79 Å². The van der Waals surface area contributed by atoms with E-state index in [9.17, 15) is 9.59 Å². The Morgan fingerprint density at radius 1 is 0.933 bits per heavy atom. The third-order valence-corrected chi connectivity index (χ3v) is 4.90. The molecule has 3 aromatic carbocycles. The van der Waals surface area contributed by atoms with E-state index < -0.39 is 11.6 Å². The zero-order valence-electron chi connectivity index (χ0n) is 16.7. The van der Waals surface area contributed by atoms with Crippen molar-refractivity contribution < 1.29 is 13.9 Å². The van der Waals surface area contributed by atoms with Crippen LogP contribution in [0, 0.1) is 13.8 Å². The Kier molecular flexibility index (Phi) is 5.31. The minimum absolute atomic E-state index is 0.356. The highest BCUT2D eigenvalue weighted by Gasteiger charge is 2.14. The Morgan fingerprint density at radius 2 is 1.67 bits per heavy atom. The first-order valence-electron chi connectivity index (χ1n) is 9.61. The summed E-state index contributed by atoms with van der Waals surface area (Å²) in [5.74, 6) is -0.144. The maximum absolute atomic E-state index is 12.3. The first-order valence-corrected chi connectivity index (χ1v) is 9.61. The number of benzene rings is 3. The molecule has 0 aliphatic heterocycles. The number of ether oxygens (including phenoxy) is 1. The molecule has 4 rings (SSSR count). The molecular weight excluding hydrogens is 376 g/mol. The van der Waals surface area contributed by atoms with Crippen molar-refractivity contribution in [1.82, 2.24) is 0 Å². The topological polar surface area (TPSA) is 56.5 Å². The van der Waals surface area contributed by atoms with Gasteiger partial charge in [-0.2, -0.15) is 0 Å². The Hall–Kier alpha value is -3.92. The van der Waals surface area contributed by atoms with Crippen LogP contribution >= 0.6 is 0 Å². The molecule has 0 spiro atoms. The maximum atomic E-state index is 12.3. The number of hydrogen-bond acceptors (Lipinski definition) is 4. The van der Waals surface area contributed by atoms with Gasteiger partial charge in [-0.15, -0.1) is 0 Å². The third kappa shape index (κ3) is 4.08. The lowest BCUT2D eigenvalue weighted by molar-refractivity contribution is -0.128. The fourth-order valence-electron chi connectivity index (χ4n) is 3.29. The molecule has 0 amide bonds. The van der Waals surface area contributed by atoms with Gasteiger partial charge in [-0.05, 0) is 48.7 Å². The van der Waals surface area contributed by atoms with Gasteiger partial charge in [0.2, 0.25) is 0 Å². The van der Waals surface area contributed by atoms with Crippen LogP contribution in [0.5, 0.6) is 5.75 Å². The van der Waals surface area contributed by atoms with Crippen LogP contribution in [0.15, 0.2) is 88.1 Å². The Labute approximate surface area is 174 Å². The first-order chi connectivity index (χ1) is 14.5. The highest BCUT2D eigenvalue weighted by Crippen LogP contribution is 2.33. The van der Waals surface area contributed by atoms with Gasteiger partial charge in [0.25, 0.3) is 0 Å². The molecule has 148 valence electrons. The molecule has 1 heterocycles. The minimum Gasteiger partial charge on any atom is -0.423 e. The van der Waals surface area contributed by atoms with Crippen LogP contribution in [-0.4, -0.2) is 5.97 Å². The fourth-order valence-corrected chi connectivity index (χ4v) is 3.29. The molecule has 0 bridgehead atoms. The predicted octanol–water partition coefficient (Wildman–Crippen LogP) is 5.70. The lowest BCUT2D eigenvalue weighted by atomic mass is 10.0. The van der Waals surface area contributed by atoms with Crippen molar-refractivity contribution in [1.29, 1.82) is 0 Å². The van der Waals surface area contributed by atoms with Crippen LogP contribution < -0.4 is 10.4 Å². The summed E-state index contributed by atoms with van der Waals surface area (Å²) in [7, 11) is 0.